The molecule has 1 N–H and O–H groups in total. The minimum absolute atomic E-state index is 0.0633. The number of carbonyl (C=O) groups is 2. The van der Waals surface area contributed by atoms with Crippen molar-refractivity contribution in [3.05, 3.63) is 65.2 Å². The zero-order chi connectivity index (χ0) is 18.7. The number of benzene rings is 2. The normalized spacial score (nSPS) is 14.6. The van der Waals surface area contributed by atoms with Gasteiger partial charge in [0.25, 0.3) is 0 Å². The number of rotatable bonds is 6. The van der Waals surface area contributed by atoms with E-state index in [-0.39, 0.29) is 11.8 Å². The lowest BCUT2D eigenvalue weighted by Gasteiger charge is -2.26. The third-order valence-corrected chi connectivity index (χ3v) is 5.33. The van der Waals surface area contributed by atoms with Gasteiger partial charge in [-0.2, -0.15) is 0 Å². The van der Waals surface area contributed by atoms with E-state index >= 15 is 0 Å². The fourth-order valence-electron chi connectivity index (χ4n) is 3.23. The summed E-state index contributed by atoms with van der Waals surface area (Å²) in [6.07, 6.45) is 1.24. The second-order valence-corrected chi connectivity index (χ2v) is 7.09. The van der Waals surface area contributed by atoms with Gasteiger partial charge in [0.2, 0.25) is 11.8 Å². The average Bonchev–Trinajstić information content (AvgIpc) is 3.46. The number of amides is 2. The van der Waals surface area contributed by atoms with Crippen molar-refractivity contribution in [2.45, 2.75) is 40.2 Å². The summed E-state index contributed by atoms with van der Waals surface area (Å²) in [5, 5.41) is 2.99. The maximum absolute atomic E-state index is 13.1. The Morgan fingerprint density at radius 3 is 2.35 bits per heavy atom. The maximum Gasteiger partial charge on any atom is 0.240 e. The molecule has 26 heavy (non-hydrogen) atoms. The number of nitrogens with one attached hydrogen (secondary N) is 1. The highest BCUT2D eigenvalue weighted by molar-refractivity contribution is 6.13. The Morgan fingerprint density at radius 2 is 1.73 bits per heavy atom. The lowest BCUT2D eigenvalue weighted by atomic mass is 10.0. The summed E-state index contributed by atoms with van der Waals surface area (Å²) in [4.78, 5) is 27.8. The molecule has 2 aromatic carbocycles. The van der Waals surface area contributed by atoms with Crippen LogP contribution >= 0.6 is 0 Å². The van der Waals surface area contributed by atoms with Crippen LogP contribution in [0, 0.1) is 19.3 Å². The smallest absolute Gasteiger partial charge is 0.240 e. The summed E-state index contributed by atoms with van der Waals surface area (Å²) < 4.78 is 0. The quantitative estimate of drug-likeness (QED) is 0.799. The molecule has 0 spiro atoms. The van der Waals surface area contributed by atoms with Crippen LogP contribution in [-0.4, -0.2) is 23.3 Å². The summed E-state index contributed by atoms with van der Waals surface area (Å²) in [5.74, 6) is -0.241. The van der Waals surface area contributed by atoms with Crippen molar-refractivity contribution in [3.63, 3.8) is 0 Å². The molecule has 0 aliphatic heterocycles. The van der Waals surface area contributed by atoms with Crippen LogP contribution in [0.25, 0.3) is 0 Å². The first-order valence-electron chi connectivity index (χ1n) is 9.19. The maximum atomic E-state index is 13.1. The minimum atomic E-state index is -0.902. The van der Waals surface area contributed by atoms with Crippen molar-refractivity contribution in [2.24, 2.45) is 5.41 Å². The highest BCUT2D eigenvalue weighted by Crippen LogP contribution is 2.48. The fraction of sp³-hybridized carbons (Fsp3) is 0.364. The van der Waals surface area contributed by atoms with Gasteiger partial charge in [0.05, 0.1) is 0 Å². The van der Waals surface area contributed by atoms with E-state index in [1.807, 2.05) is 69.3 Å². The van der Waals surface area contributed by atoms with Crippen molar-refractivity contribution in [1.82, 2.24) is 4.90 Å². The zero-order valence-electron chi connectivity index (χ0n) is 15.7. The number of nitrogens with zero attached hydrogens (tertiary/aromatic N) is 1. The van der Waals surface area contributed by atoms with Gasteiger partial charge in [-0.25, -0.2) is 0 Å². The van der Waals surface area contributed by atoms with Crippen LogP contribution in [0.5, 0.6) is 0 Å². The van der Waals surface area contributed by atoms with Crippen LogP contribution in [0.15, 0.2) is 48.5 Å². The van der Waals surface area contributed by atoms with Crippen molar-refractivity contribution >= 4 is 17.5 Å². The molecule has 2 amide bonds. The van der Waals surface area contributed by atoms with Gasteiger partial charge in [-0.1, -0.05) is 42.5 Å². The predicted molar refractivity (Wildman–Crippen MR) is 104 cm³/mol. The molecule has 4 nitrogen and oxygen atoms in total. The highest BCUT2D eigenvalue weighted by Gasteiger charge is 2.57. The second kappa shape index (κ2) is 7.32. The van der Waals surface area contributed by atoms with Crippen LogP contribution in [0.1, 0.15) is 36.5 Å². The topological polar surface area (TPSA) is 49.4 Å². The minimum Gasteiger partial charge on any atom is -0.338 e. The van der Waals surface area contributed by atoms with Gasteiger partial charge >= 0.3 is 0 Å². The summed E-state index contributed by atoms with van der Waals surface area (Å²) in [7, 11) is 0. The number of hydrogen-bond acceptors (Lipinski definition) is 2. The Hall–Kier alpha value is -2.62. The van der Waals surface area contributed by atoms with E-state index in [9.17, 15) is 9.59 Å². The fourth-order valence-corrected chi connectivity index (χ4v) is 3.23. The summed E-state index contributed by atoms with van der Waals surface area (Å²) in [6.45, 7) is 7.09. The first-order chi connectivity index (χ1) is 12.5. The van der Waals surface area contributed by atoms with E-state index < -0.39 is 5.41 Å². The molecule has 1 aliphatic rings. The Balaban J connectivity index is 1.75. The van der Waals surface area contributed by atoms with Gasteiger partial charge in [0.1, 0.15) is 5.41 Å². The average molecular weight is 350 g/mol. The Labute approximate surface area is 155 Å². The van der Waals surface area contributed by atoms with Crippen LogP contribution in [0.3, 0.4) is 0 Å². The van der Waals surface area contributed by atoms with Gasteiger partial charge in [-0.15, -0.1) is 0 Å². The SMILES string of the molecule is CCN(Cc1ccccc1)C(=O)C1(C(=O)Nc2cccc(C)c2C)CC1. The molecule has 0 atom stereocenters. The molecule has 0 saturated heterocycles. The van der Waals surface area contributed by atoms with Gasteiger partial charge in [-0.3, -0.25) is 9.59 Å². The van der Waals surface area contributed by atoms with Crippen molar-refractivity contribution in [1.29, 1.82) is 0 Å². The van der Waals surface area contributed by atoms with E-state index in [2.05, 4.69) is 5.32 Å². The Kier molecular flexibility index (Phi) is 5.12. The van der Waals surface area contributed by atoms with E-state index in [4.69, 9.17) is 0 Å². The van der Waals surface area contributed by atoms with Crippen LogP contribution in [-0.2, 0) is 16.1 Å². The van der Waals surface area contributed by atoms with Gasteiger partial charge in [0, 0.05) is 18.8 Å². The molecule has 1 aliphatic carbocycles. The molecule has 1 fully saturated rings. The summed E-state index contributed by atoms with van der Waals surface area (Å²) in [5.41, 5.74) is 3.13. The monoisotopic (exact) mass is 350 g/mol. The largest absolute Gasteiger partial charge is 0.338 e. The highest BCUT2D eigenvalue weighted by atomic mass is 16.2. The lowest BCUT2D eigenvalue weighted by molar-refractivity contribution is -0.142. The van der Waals surface area contributed by atoms with Crippen molar-refractivity contribution in [3.8, 4) is 0 Å². The first-order valence-corrected chi connectivity index (χ1v) is 9.19. The molecule has 0 radical (unpaired) electrons. The molecule has 0 aromatic heterocycles. The predicted octanol–water partition coefficient (Wildman–Crippen LogP) is 4.07. The Bertz CT molecular complexity index is 810. The molecule has 1 saturated carbocycles. The molecule has 3 rings (SSSR count). The van der Waals surface area contributed by atoms with E-state index in [1.165, 1.54) is 0 Å². The molecule has 2 aromatic rings. The molecular weight excluding hydrogens is 324 g/mol. The standard InChI is InChI=1S/C22H26N2O2/c1-4-24(15-18-10-6-5-7-11-18)21(26)22(13-14-22)20(25)23-19-12-8-9-16(2)17(19)3/h5-12H,4,13-15H2,1-3H3,(H,23,25). The van der Waals surface area contributed by atoms with Gasteiger partial charge in [0.15, 0.2) is 0 Å². The molecule has 136 valence electrons. The third kappa shape index (κ3) is 3.50. The Morgan fingerprint density at radius 1 is 1.04 bits per heavy atom. The second-order valence-electron chi connectivity index (χ2n) is 7.09. The van der Waals surface area contributed by atoms with E-state index in [1.54, 1.807) is 4.90 Å². The number of carbonyl (C=O) groups excluding carboxylic acids is 2. The van der Waals surface area contributed by atoms with Crippen molar-refractivity contribution in [2.75, 3.05) is 11.9 Å². The number of aryl methyl sites for hydroxylation is 1. The lowest BCUT2D eigenvalue weighted by Crippen LogP contribution is -2.42. The van der Waals surface area contributed by atoms with E-state index in [0.29, 0.717) is 25.9 Å². The zero-order valence-corrected chi connectivity index (χ0v) is 15.7. The molecular formula is C22H26N2O2. The third-order valence-electron chi connectivity index (χ3n) is 5.33. The molecule has 0 unspecified atom stereocenters. The van der Waals surface area contributed by atoms with Gasteiger partial charge in [-0.05, 0) is 56.4 Å². The summed E-state index contributed by atoms with van der Waals surface area (Å²) >= 11 is 0. The molecule has 0 bridgehead atoms. The van der Waals surface area contributed by atoms with Crippen LogP contribution in [0.4, 0.5) is 5.69 Å². The molecule has 4 heteroatoms. The van der Waals surface area contributed by atoms with Crippen LogP contribution in [0.2, 0.25) is 0 Å². The first kappa shape index (κ1) is 18.2. The number of hydrogen-bond donors (Lipinski definition) is 1. The molecule has 0 heterocycles. The van der Waals surface area contributed by atoms with Gasteiger partial charge < -0.3 is 10.2 Å². The van der Waals surface area contributed by atoms with E-state index in [0.717, 1.165) is 22.4 Å². The van der Waals surface area contributed by atoms with Crippen molar-refractivity contribution < 1.29 is 9.59 Å². The van der Waals surface area contributed by atoms with Crippen LogP contribution < -0.4 is 5.32 Å². The number of anilines is 1. The summed E-state index contributed by atoms with van der Waals surface area (Å²) in [6, 6.07) is 15.7.